The lowest BCUT2D eigenvalue weighted by Gasteiger charge is -2.30. The summed E-state index contributed by atoms with van der Waals surface area (Å²) in [6.45, 7) is 2.04. The lowest BCUT2D eigenvalue weighted by atomic mass is 9.90. The molecule has 2 fully saturated rings. The summed E-state index contributed by atoms with van der Waals surface area (Å²) in [6, 6.07) is 0.406. The highest BCUT2D eigenvalue weighted by Crippen LogP contribution is 2.45. The van der Waals surface area contributed by atoms with E-state index in [0.29, 0.717) is 0 Å². The van der Waals surface area contributed by atoms with Crippen molar-refractivity contribution in [1.82, 2.24) is 5.32 Å². The molecule has 0 aromatic rings. The number of hydrogen-bond donors (Lipinski definition) is 2. The Morgan fingerprint density at radius 2 is 2.00 bits per heavy atom. The minimum atomic E-state index is -0.0584. The number of rotatable bonds is 2. The molecule has 2 aliphatic carbocycles. The smallest absolute Gasteiger partial charge is 0.226 e. The van der Waals surface area contributed by atoms with Gasteiger partial charge in [-0.1, -0.05) is 19.8 Å². The van der Waals surface area contributed by atoms with Gasteiger partial charge in [0.25, 0.3) is 0 Å². The Hall–Kier alpha value is -0.570. The van der Waals surface area contributed by atoms with Gasteiger partial charge in [-0.3, -0.25) is 4.79 Å². The predicted octanol–water partition coefficient (Wildman–Crippen LogP) is 1.17. The van der Waals surface area contributed by atoms with Gasteiger partial charge in [-0.05, 0) is 25.7 Å². The SMILES string of the molecule is CC1(C(=O)N[C@@H]2CCCC[C@H]2N)CC1. The second-order valence-corrected chi connectivity index (χ2v) is 5.09. The highest BCUT2D eigenvalue weighted by molar-refractivity contribution is 5.85. The molecule has 0 aliphatic heterocycles. The number of hydrogen-bond acceptors (Lipinski definition) is 2. The minimum absolute atomic E-state index is 0.0584. The van der Waals surface area contributed by atoms with Crippen LogP contribution in [0.15, 0.2) is 0 Å². The van der Waals surface area contributed by atoms with Crippen molar-refractivity contribution in [2.24, 2.45) is 11.1 Å². The molecule has 14 heavy (non-hydrogen) atoms. The molecule has 2 atom stereocenters. The Bertz CT molecular complexity index is 235. The maximum absolute atomic E-state index is 11.8. The number of carbonyl (C=O) groups excluding carboxylic acids is 1. The molecule has 0 unspecified atom stereocenters. The van der Waals surface area contributed by atoms with Crippen LogP contribution in [0.2, 0.25) is 0 Å². The zero-order valence-corrected chi connectivity index (χ0v) is 8.88. The monoisotopic (exact) mass is 196 g/mol. The van der Waals surface area contributed by atoms with Crippen LogP contribution in [0.1, 0.15) is 45.4 Å². The molecule has 80 valence electrons. The van der Waals surface area contributed by atoms with E-state index in [1.54, 1.807) is 0 Å². The van der Waals surface area contributed by atoms with Crippen molar-refractivity contribution < 1.29 is 4.79 Å². The van der Waals surface area contributed by atoms with Crippen molar-refractivity contribution in [2.75, 3.05) is 0 Å². The zero-order valence-electron chi connectivity index (χ0n) is 8.88. The summed E-state index contributed by atoms with van der Waals surface area (Å²) in [5, 5.41) is 3.11. The first-order valence-electron chi connectivity index (χ1n) is 5.68. The Labute approximate surface area is 85.4 Å². The largest absolute Gasteiger partial charge is 0.351 e. The van der Waals surface area contributed by atoms with E-state index in [1.807, 2.05) is 6.92 Å². The summed E-state index contributed by atoms with van der Waals surface area (Å²) in [5.74, 6) is 0.222. The lowest BCUT2D eigenvalue weighted by Crippen LogP contribution is -2.50. The summed E-state index contributed by atoms with van der Waals surface area (Å²) in [5.41, 5.74) is 5.92. The van der Waals surface area contributed by atoms with Crippen LogP contribution in [-0.2, 0) is 4.79 Å². The maximum atomic E-state index is 11.8. The second kappa shape index (κ2) is 3.54. The molecule has 0 heterocycles. The van der Waals surface area contributed by atoms with E-state index in [1.165, 1.54) is 12.8 Å². The third-order valence-electron chi connectivity index (χ3n) is 3.68. The van der Waals surface area contributed by atoms with E-state index >= 15 is 0 Å². The van der Waals surface area contributed by atoms with Gasteiger partial charge in [-0.25, -0.2) is 0 Å². The van der Waals surface area contributed by atoms with Gasteiger partial charge < -0.3 is 11.1 Å². The number of nitrogens with two attached hydrogens (primary N) is 1. The third kappa shape index (κ3) is 1.92. The Balaban J connectivity index is 1.86. The molecular formula is C11H20N2O. The number of nitrogens with one attached hydrogen (secondary N) is 1. The fourth-order valence-electron chi connectivity index (χ4n) is 2.10. The van der Waals surface area contributed by atoms with Gasteiger partial charge in [0.05, 0.1) is 0 Å². The first-order valence-corrected chi connectivity index (χ1v) is 5.68. The molecule has 2 rings (SSSR count). The highest BCUT2D eigenvalue weighted by Gasteiger charge is 2.45. The van der Waals surface area contributed by atoms with E-state index in [2.05, 4.69) is 5.32 Å². The van der Waals surface area contributed by atoms with Crippen molar-refractivity contribution in [3.63, 3.8) is 0 Å². The molecule has 1 amide bonds. The van der Waals surface area contributed by atoms with Gasteiger partial charge in [0.2, 0.25) is 5.91 Å². The van der Waals surface area contributed by atoms with E-state index < -0.39 is 0 Å². The minimum Gasteiger partial charge on any atom is -0.351 e. The van der Waals surface area contributed by atoms with Crippen LogP contribution in [0, 0.1) is 5.41 Å². The summed E-state index contributed by atoms with van der Waals surface area (Å²) >= 11 is 0. The van der Waals surface area contributed by atoms with Crippen LogP contribution in [0.4, 0.5) is 0 Å². The highest BCUT2D eigenvalue weighted by atomic mass is 16.2. The van der Waals surface area contributed by atoms with Gasteiger partial charge in [0, 0.05) is 17.5 Å². The molecule has 0 spiro atoms. The van der Waals surface area contributed by atoms with Crippen LogP contribution in [0.3, 0.4) is 0 Å². The molecule has 3 heteroatoms. The normalized spacial score (nSPS) is 35.0. The molecule has 3 N–H and O–H groups in total. The Morgan fingerprint density at radius 3 is 2.57 bits per heavy atom. The first kappa shape index (κ1) is 9.97. The number of amides is 1. The number of carbonyl (C=O) groups is 1. The van der Waals surface area contributed by atoms with Crippen molar-refractivity contribution >= 4 is 5.91 Å². The molecule has 2 aliphatic rings. The summed E-state index contributed by atoms with van der Waals surface area (Å²) < 4.78 is 0. The summed E-state index contributed by atoms with van der Waals surface area (Å²) in [7, 11) is 0. The Morgan fingerprint density at radius 1 is 1.36 bits per heavy atom. The van der Waals surface area contributed by atoms with Crippen LogP contribution < -0.4 is 11.1 Å². The maximum Gasteiger partial charge on any atom is 0.226 e. The fraction of sp³-hybridized carbons (Fsp3) is 0.909. The molecule has 0 saturated heterocycles. The van der Waals surface area contributed by atoms with Gasteiger partial charge in [-0.15, -0.1) is 0 Å². The summed E-state index contributed by atoms with van der Waals surface area (Å²) in [4.78, 5) is 11.8. The van der Waals surface area contributed by atoms with Crippen molar-refractivity contribution in [2.45, 2.75) is 57.5 Å². The van der Waals surface area contributed by atoms with Crippen molar-refractivity contribution in [3.8, 4) is 0 Å². The fourth-order valence-corrected chi connectivity index (χ4v) is 2.10. The van der Waals surface area contributed by atoms with E-state index in [9.17, 15) is 4.79 Å². The molecular weight excluding hydrogens is 176 g/mol. The lowest BCUT2D eigenvalue weighted by molar-refractivity contribution is -0.126. The van der Waals surface area contributed by atoms with E-state index in [0.717, 1.165) is 25.7 Å². The van der Waals surface area contributed by atoms with Crippen LogP contribution in [-0.4, -0.2) is 18.0 Å². The first-order chi connectivity index (χ1) is 6.62. The topological polar surface area (TPSA) is 55.1 Å². The molecule has 3 nitrogen and oxygen atoms in total. The van der Waals surface area contributed by atoms with Gasteiger partial charge >= 0.3 is 0 Å². The van der Waals surface area contributed by atoms with Gasteiger partial charge in [0.1, 0.15) is 0 Å². The quantitative estimate of drug-likeness (QED) is 0.696. The van der Waals surface area contributed by atoms with Crippen molar-refractivity contribution in [3.05, 3.63) is 0 Å². The summed E-state index contributed by atoms with van der Waals surface area (Å²) in [6.07, 6.45) is 6.62. The molecule has 0 aromatic carbocycles. The molecule has 0 bridgehead atoms. The molecule has 2 saturated carbocycles. The van der Waals surface area contributed by atoms with E-state index in [4.69, 9.17) is 5.73 Å². The van der Waals surface area contributed by atoms with E-state index in [-0.39, 0.29) is 23.4 Å². The molecule has 0 aromatic heterocycles. The third-order valence-corrected chi connectivity index (χ3v) is 3.68. The van der Waals surface area contributed by atoms with Crippen LogP contribution >= 0.6 is 0 Å². The second-order valence-electron chi connectivity index (χ2n) is 5.09. The van der Waals surface area contributed by atoms with Crippen molar-refractivity contribution in [1.29, 1.82) is 0 Å². The predicted molar refractivity (Wildman–Crippen MR) is 55.7 cm³/mol. The molecule has 0 radical (unpaired) electrons. The Kier molecular flexibility index (Phi) is 2.52. The van der Waals surface area contributed by atoms with Gasteiger partial charge in [0.15, 0.2) is 0 Å². The van der Waals surface area contributed by atoms with Crippen LogP contribution in [0.5, 0.6) is 0 Å². The van der Waals surface area contributed by atoms with Gasteiger partial charge in [-0.2, -0.15) is 0 Å². The zero-order chi connectivity index (χ0) is 10.2. The van der Waals surface area contributed by atoms with Crippen LogP contribution in [0.25, 0.3) is 0 Å². The average molecular weight is 196 g/mol. The standard InChI is InChI=1S/C11H20N2O/c1-11(6-7-11)10(14)13-9-5-3-2-4-8(9)12/h8-9H,2-7,12H2,1H3,(H,13,14)/t8-,9-/m1/s1. The average Bonchev–Trinajstić information content (AvgIpc) is 2.89.